The van der Waals surface area contributed by atoms with E-state index in [1.54, 1.807) is 0 Å². The Labute approximate surface area is 131 Å². The predicted octanol–water partition coefficient (Wildman–Crippen LogP) is 1.63. The standard InChI is InChI=1S/C16H21NO4S/c1-2-7-17(14-6-10-22(18,19)12-14)11-13-4-3-5-15-16(13)21-9-8-20-15/h2-5,14H,1,6-12H2. The summed E-state index contributed by atoms with van der Waals surface area (Å²) in [4.78, 5) is 2.16. The van der Waals surface area contributed by atoms with Crippen LogP contribution in [-0.4, -0.2) is 50.6 Å². The molecule has 5 nitrogen and oxygen atoms in total. The largest absolute Gasteiger partial charge is 0.486 e. The lowest BCUT2D eigenvalue weighted by Gasteiger charge is -2.29. The van der Waals surface area contributed by atoms with E-state index in [2.05, 4.69) is 11.5 Å². The highest BCUT2D eigenvalue weighted by Gasteiger charge is 2.32. The Balaban J connectivity index is 1.81. The van der Waals surface area contributed by atoms with Crippen LogP contribution in [0.1, 0.15) is 12.0 Å². The van der Waals surface area contributed by atoms with Gasteiger partial charge in [-0.3, -0.25) is 4.90 Å². The maximum Gasteiger partial charge on any atom is 0.165 e. The minimum absolute atomic E-state index is 0.0448. The molecule has 0 radical (unpaired) electrons. The molecule has 2 aliphatic rings. The number of hydrogen-bond donors (Lipinski definition) is 0. The molecule has 0 saturated carbocycles. The van der Waals surface area contributed by atoms with Crippen molar-refractivity contribution >= 4 is 9.84 Å². The van der Waals surface area contributed by atoms with Gasteiger partial charge >= 0.3 is 0 Å². The molecular formula is C16H21NO4S. The summed E-state index contributed by atoms with van der Waals surface area (Å²) in [5.74, 6) is 2.05. The van der Waals surface area contributed by atoms with Crippen LogP contribution in [-0.2, 0) is 16.4 Å². The third kappa shape index (κ3) is 3.28. The Hall–Kier alpha value is -1.53. The number of nitrogens with zero attached hydrogens (tertiary/aromatic N) is 1. The molecule has 2 aliphatic heterocycles. The van der Waals surface area contributed by atoms with Crippen LogP contribution in [0.15, 0.2) is 30.9 Å². The fourth-order valence-electron chi connectivity index (χ4n) is 3.05. The van der Waals surface area contributed by atoms with E-state index in [4.69, 9.17) is 9.47 Å². The number of hydrogen-bond acceptors (Lipinski definition) is 5. The van der Waals surface area contributed by atoms with E-state index in [1.165, 1.54) is 0 Å². The molecule has 1 fully saturated rings. The monoisotopic (exact) mass is 323 g/mol. The average Bonchev–Trinajstić information content (AvgIpc) is 2.87. The molecule has 1 aromatic rings. The van der Waals surface area contributed by atoms with E-state index in [0.717, 1.165) is 17.1 Å². The highest BCUT2D eigenvalue weighted by Crippen LogP contribution is 2.35. The summed E-state index contributed by atoms with van der Waals surface area (Å²) in [5.41, 5.74) is 1.03. The molecule has 0 N–H and O–H groups in total. The van der Waals surface area contributed by atoms with Crippen LogP contribution in [0.25, 0.3) is 0 Å². The van der Waals surface area contributed by atoms with Gasteiger partial charge in [-0.15, -0.1) is 6.58 Å². The van der Waals surface area contributed by atoms with Gasteiger partial charge in [-0.1, -0.05) is 18.2 Å². The van der Waals surface area contributed by atoms with Gasteiger partial charge in [0.2, 0.25) is 0 Å². The first kappa shape index (κ1) is 15.4. The summed E-state index contributed by atoms with van der Waals surface area (Å²) >= 11 is 0. The quantitative estimate of drug-likeness (QED) is 0.771. The second kappa shape index (κ2) is 6.30. The molecule has 1 atom stereocenters. The fourth-order valence-corrected chi connectivity index (χ4v) is 4.81. The molecule has 1 aromatic carbocycles. The molecule has 3 rings (SSSR count). The average molecular weight is 323 g/mol. The summed E-state index contributed by atoms with van der Waals surface area (Å²) in [7, 11) is -2.90. The van der Waals surface area contributed by atoms with Crippen LogP contribution in [0.5, 0.6) is 11.5 Å². The summed E-state index contributed by atoms with van der Waals surface area (Å²) < 4.78 is 34.8. The first-order valence-electron chi connectivity index (χ1n) is 7.52. The smallest absolute Gasteiger partial charge is 0.165 e. The van der Waals surface area contributed by atoms with Crippen LogP contribution in [0, 0.1) is 0 Å². The molecule has 120 valence electrons. The lowest BCUT2D eigenvalue weighted by molar-refractivity contribution is 0.164. The molecule has 1 unspecified atom stereocenters. The van der Waals surface area contributed by atoms with Gasteiger partial charge in [0.05, 0.1) is 11.5 Å². The van der Waals surface area contributed by atoms with E-state index in [9.17, 15) is 8.42 Å². The fraction of sp³-hybridized carbons (Fsp3) is 0.500. The van der Waals surface area contributed by atoms with Gasteiger partial charge < -0.3 is 9.47 Å². The van der Waals surface area contributed by atoms with Gasteiger partial charge in [0.1, 0.15) is 13.2 Å². The molecular weight excluding hydrogens is 302 g/mol. The van der Waals surface area contributed by atoms with E-state index >= 15 is 0 Å². The zero-order valence-corrected chi connectivity index (χ0v) is 13.3. The Morgan fingerprint density at radius 3 is 2.86 bits per heavy atom. The Bertz CT molecular complexity index is 656. The highest BCUT2D eigenvalue weighted by molar-refractivity contribution is 7.91. The van der Waals surface area contributed by atoms with Gasteiger partial charge in [-0.2, -0.15) is 0 Å². The normalized spacial score (nSPS) is 22.7. The highest BCUT2D eigenvalue weighted by atomic mass is 32.2. The number of sulfone groups is 1. The molecule has 0 aromatic heterocycles. The van der Waals surface area contributed by atoms with Crippen molar-refractivity contribution in [1.82, 2.24) is 4.90 Å². The molecule has 1 saturated heterocycles. The third-order valence-corrected chi connectivity index (χ3v) is 5.86. The van der Waals surface area contributed by atoms with E-state index in [-0.39, 0.29) is 17.5 Å². The number of benzene rings is 1. The van der Waals surface area contributed by atoms with Gasteiger partial charge in [-0.25, -0.2) is 8.42 Å². The molecule has 22 heavy (non-hydrogen) atoms. The maximum atomic E-state index is 11.7. The summed E-state index contributed by atoms with van der Waals surface area (Å²) in [6, 6.07) is 5.90. The van der Waals surface area contributed by atoms with Gasteiger partial charge in [0, 0.05) is 24.7 Å². The number of rotatable bonds is 5. The molecule has 2 heterocycles. The second-order valence-electron chi connectivity index (χ2n) is 5.72. The van der Waals surface area contributed by atoms with Gasteiger partial charge in [-0.05, 0) is 12.5 Å². The van der Waals surface area contributed by atoms with Crippen molar-refractivity contribution in [2.45, 2.75) is 19.0 Å². The van der Waals surface area contributed by atoms with Crippen molar-refractivity contribution in [3.05, 3.63) is 36.4 Å². The molecule has 6 heteroatoms. The third-order valence-electron chi connectivity index (χ3n) is 4.11. The van der Waals surface area contributed by atoms with Crippen molar-refractivity contribution in [3.63, 3.8) is 0 Å². The van der Waals surface area contributed by atoms with Crippen LogP contribution in [0.4, 0.5) is 0 Å². The summed E-state index contributed by atoms with van der Waals surface area (Å²) in [5, 5.41) is 0. The van der Waals surface area contributed by atoms with Crippen molar-refractivity contribution in [2.75, 3.05) is 31.3 Å². The minimum Gasteiger partial charge on any atom is -0.486 e. The zero-order valence-electron chi connectivity index (χ0n) is 12.5. The molecule has 0 bridgehead atoms. The van der Waals surface area contributed by atoms with Crippen molar-refractivity contribution < 1.29 is 17.9 Å². The van der Waals surface area contributed by atoms with Crippen molar-refractivity contribution in [3.8, 4) is 11.5 Å². The first-order chi connectivity index (χ1) is 10.6. The molecule has 0 amide bonds. The van der Waals surface area contributed by atoms with E-state index in [1.807, 2.05) is 24.3 Å². The topological polar surface area (TPSA) is 55.8 Å². The Morgan fingerprint density at radius 2 is 2.14 bits per heavy atom. The lowest BCUT2D eigenvalue weighted by atomic mass is 10.1. The number of para-hydroxylation sites is 1. The van der Waals surface area contributed by atoms with Crippen molar-refractivity contribution in [1.29, 1.82) is 0 Å². The SMILES string of the molecule is C=CCN(Cc1cccc2c1OCCO2)C1CCS(=O)(=O)C1. The minimum atomic E-state index is -2.90. The second-order valence-corrected chi connectivity index (χ2v) is 7.95. The maximum absolute atomic E-state index is 11.7. The lowest BCUT2D eigenvalue weighted by Crippen LogP contribution is -2.36. The molecule has 0 spiro atoms. The van der Waals surface area contributed by atoms with Crippen LogP contribution in [0.2, 0.25) is 0 Å². The van der Waals surface area contributed by atoms with E-state index < -0.39 is 9.84 Å². The summed E-state index contributed by atoms with van der Waals surface area (Å²) in [6.07, 6.45) is 2.50. The number of fused-ring (bicyclic) bond motifs is 1. The summed E-state index contributed by atoms with van der Waals surface area (Å²) in [6.45, 7) is 6.19. The molecule has 0 aliphatic carbocycles. The predicted molar refractivity (Wildman–Crippen MR) is 85.1 cm³/mol. The zero-order chi connectivity index (χ0) is 15.6. The van der Waals surface area contributed by atoms with Gasteiger partial charge in [0.15, 0.2) is 21.3 Å². The van der Waals surface area contributed by atoms with Crippen LogP contribution < -0.4 is 9.47 Å². The number of ether oxygens (including phenoxy) is 2. The first-order valence-corrected chi connectivity index (χ1v) is 9.34. The van der Waals surface area contributed by atoms with Crippen LogP contribution in [0.3, 0.4) is 0 Å². The Kier molecular flexibility index (Phi) is 4.40. The van der Waals surface area contributed by atoms with Crippen molar-refractivity contribution in [2.24, 2.45) is 0 Å². The van der Waals surface area contributed by atoms with Gasteiger partial charge in [0.25, 0.3) is 0 Å². The Morgan fingerprint density at radius 1 is 1.32 bits per heavy atom. The van der Waals surface area contributed by atoms with Crippen LogP contribution >= 0.6 is 0 Å². The van der Waals surface area contributed by atoms with E-state index in [0.29, 0.717) is 32.7 Å².